The molecule has 0 aliphatic rings. The van der Waals surface area contributed by atoms with Crippen LogP contribution in [0, 0.1) is 0 Å². The molecule has 0 spiro atoms. The van der Waals surface area contributed by atoms with Gasteiger partial charge in [0.2, 0.25) is 5.91 Å². The van der Waals surface area contributed by atoms with Crippen LogP contribution in [0.3, 0.4) is 0 Å². The standard InChI is InChI=1S/C14H22N2O2/c1-3-11(2)16-14(18)9-15-8-12-4-6-13(10-17)7-5-12/h4-7,11,15,17H,3,8-10H2,1-2H3,(H,16,18). The lowest BCUT2D eigenvalue weighted by Crippen LogP contribution is -2.38. The summed E-state index contributed by atoms with van der Waals surface area (Å²) in [6.07, 6.45) is 0.939. The fourth-order valence-electron chi connectivity index (χ4n) is 1.51. The Morgan fingerprint density at radius 1 is 1.28 bits per heavy atom. The third kappa shape index (κ3) is 5.29. The van der Waals surface area contributed by atoms with E-state index in [1.54, 1.807) is 0 Å². The third-order valence-corrected chi connectivity index (χ3v) is 2.84. The zero-order valence-electron chi connectivity index (χ0n) is 11.1. The van der Waals surface area contributed by atoms with E-state index in [1.165, 1.54) is 0 Å². The molecule has 100 valence electrons. The minimum Gasteiger partial charge on any atom is -0.392 e. The zero-order chi connectivity index (χ0) is 13.4. The van der Waals surface area contributed by atoms with Crippen molar-refractivity contribution in [1.82, 2.24) is 10.6 Å². The average Bonchev–Trinajstić information content (AvgIpc) is 2.39. The molecule has 1 atom stereocenters. The van der Waals surface area contributed by atoms with Gasteiger partial charge in [-0.2, -0.15) is 0 Å². The molecule has 0 fully saturated rings. The fourth-order valence-corrected chi connectivity index (χ4v) is 1.51. The van der Waals surface area contributed by atoms with E-state index in [0.717, 1.165) is 17.5 Å². The maximum Gasteiger partial charge on any atom is 0.234 e. The quantitative estimate of drug-likeness (QED) is 0.681. The van der Waals surface area contributed by atoms with E-state index in [9.17, 15) is 4.79 Å². The number of nitrogens with one attached hydrogen (secondary N) is 2. The van der Waals surface area contributed by atoms with E-state index in [2.05, 4.69) is 10.6 Å². The van der Waals surface area contributed by atoms with Crippen LogP contribution in [0.1, 0.15) is 31.4 Å². The summed E-state index contributed by atoms with van der Waals surface area (Å²) >= 11 is 0. The van der Waals surface area contributed by atoms with Crippen LogP contribution in [-0.2, 0) is 17.9 Å². The Hall–Kier alpha value is -1.39. The lowest BCUT2D eigenvalue weighted by Gasteiger charge is -2.11. The second-order valence-corrected chi connectivity index (χ2v) is 4.45. The molecular weight excluding hydrogens is 228 g/mol. The van der Waals surface area contributed by atoms with Crippen molar-refractivity contribution >= 4 is 5.91 Å². The third-order valence-electron chi connectivity index (χ3n) is 2.84. The van der Waals surface area contributed by atoms with Crippen LogP contribution in [0.4, 0.5) is 0 Å². The molecule has 1 aromatic carbocycles. The molecule has 0 heterocycles. The van der Waals surface area contributed by atoms with Crippen molar-refractivity contribution in [2.24, 2.45) is 0 Å². The molecule has 1 amide bonds. The number of carbonyl (C=O) groups excluding carboxylic acids is 1. The summed E-state index contributed by atoms with van der Waals surface area (Å²) in [7, 11) is 0. The van der Waals surface area contributed by atoms with E-state index in [4.69, 9.17) is 5.11 Å². The number of aliphatic hydroxyl groups excluding tert-OH is 1. The van der Waals surface area contributed by atoms with Crippen molar-refractivity contribution < 1.29 is 9.90 Å². The van der Waals surface area contributed by atoms with E-state index in [1.807, 2.05) is 38.1 Å². The number of amides is 1. The second-order valence-electron chi connectivity index (χ2n) is 4.45. The van der Waals surface area contributed by atoms with E-state index in [0.29, 0.717) is 13.1 Å². The molecule has 0 saturated carbocycles. The molecule has 18 heavy (non-hydrogen) atoms. The van der Waals surface area contributed by atoms with E-state index >= 15 is 0 Å². The van der Waals surface area contributed by atoms with Crippen LogP contribution in [-0.4, -0.2) is 23.6 Å². The first-order valence-electron chi connectivity index (χ1n) is 6.34. The van der Waals surface area contributed by atoms with E-state index in [-0.39, 0.29) is 18.6 Å². The molecule has 1 unspecified atom stereocenters. The Morgan fingerprint density at radius 3 is 2.44 bits per heavy atom. The number of aliphatic hydroxyl groups is 1. The molecular formula is C14H22N2O2. The number of carbonyl (C=O) groups is 1. The molecule has 0 bridgehead atoms. The van der Waals surface area contributed by atoms with Crippen LogP contribution >= 0.6 is 0 Å². The Kier molecular flexibility index (Phi) is 6.39. The van der Waals surface area contributed by atoms with Gasteiger partial charge in [0.05, 0.1) is 13.2 Å². The molecule has 4 nitrogen and oxygen atoms in total. The number of benzene rings is 1. The Balaban J connectivity index is 2.26. The average molecular weight is 250 g/mol. The molecule has 0 radical (unpaired) electrons. The highest BCUT2D eigenvalue weighted by Crippen LogP contribution is 2.03. The minimum absolute atomic E-state index is 0.0244. The maximum absolute atomic E-state index is 11.5. The minimum atomic E-state index is 0.0244. The van der Waals surface area contributed by atoms with E-state index < -0.39 is 0 Å². The van der Waals surface area contributed by atoms with Crippen molar-refractivity contribution in [3.63, 3.8) is 0 Å². The Labute approximate surface area is 108 Å². The predicted molar refractivity (Wildman–Crippen MR) is 72.0 cm³/mol. The SMILES string of the molecule is CCC(C)NC(=O)CNCc1ccc(CO)cc1. The van der Waals surface area contributed by atoms with Crippen LogP contribution < -0.4 is 10.6 Å². The maximum atomic E-state index is 11.5. The lowest BCUT2D eigenvalue weighted by atomic mass is 10.1. The summed E-state index contributed by atoms with van der Waals surface area (Å²) in [5, 5.41) is 14.9. The van der Waals surface area contributed by atoms with Gasteiger partial charge in [-0.1, -0.05) is 31.2 Å². The monoisotopic (exact) mass is 250 g/mol. The van der Waals surface area contributed by atoms with Crippen molar-refractivity contribution in [3.05, 3.63) is 35.4 Å². The summed E-state index contributed by atoms with van der Waals surface area (Å²) in [4.78, 5) is 11.5. The van der Waals surface area contributed by atoms with Crippen molar-refractivity contribution in [3.8, 4) is 0 Å². The summed E-state index contributed by atoms with van der Waals surface area (Å²) in [6, 6.07) is 7.89. The van der Waals surface area contributed by atoms with Crippen LogP contribution in [0.25, 0.3) is 0 Å². The van der Waals surface area contributed by atoms with Gasteiger partial charge in [-0.25, -0.2) is 0 Å². The molecule has 0 aliphatic carbocycles. The Morgan fingerprint density at radius 2 is 1.89 bits per heavy atom. The van der Waals surface area contributed by atoms with Gasteiger partial charge in [-0.05, 0) is 24.5 Å². The number of hydrogen-bond donors (Lipinski definition) is 3. The first-order valence-corrected chi connectivity index (χ1v) is 6.34. The number of rotatable bonds is 7. The normalized spacial score (nSPS) is 12.2. The lowest BCUT2D eigenvalue weighted by molar-refractivity contribution is -0.120. The van der Waals surface area contributed by atoms with Gasteiger partial charge < -0.3 is 15.7 Å². The summed E-state index contributed by atoms with van der Waals surface area (Å²) in [6.45, 7) is 5.07. The van der Waals surface area contributed by atoms with Crippen LogP contribution in [0.2, 0.25) is 0 Å². The second kappa shape index (κ2) is 7.84. The van der Waals surface area contributed by atoms with Crippen LogP contribution in [0.15, 0.2) is 24.3 Å². The van der Waals surface area contributed by atoms with Gasteiger partial charge in [0, 0.05) is 12.6 Å². The van der Waals surface area contributed by atoms with Crippen molar-refractivity contribution in [1.29, 1.82) is 0 Å². The van der Waals surface area contributed by atoms with Gasteiger partial charge in [-0.3, -0.25) is 4.79 Å². The van der Waals surface area contributed by atoms with Crippen molar-refractivity contribution in [2.75, 3.05) is 6.54 Å². The molecule has 0 saturated heterocycles. The van der Waals surface area contributed by atoms with Gasteiger partial charge >= 0.3 is 0 Å². The van der Waals surface area contributed by atoms with Crippen molar-refractivity contribution in [2.45, 2.75) is 39.5 Å². The Bertz CT molecular complexity index is 363. The smallest absolute Gasteiger partial charge is 0.234 e. The molecule has 1 aromatic rings. The van der Waals surface area contributed by atoms with Crippen LogP contribution in [0.5, 0.6) is 0 Å². The molecule has 4 heteroatoms. The topological polar surface area (TPSA) is 61.4 Å². The predicted octanol–water partition coefficient (Wildman–Crippen LogP) is 1.18. The first-order chi connectivity index (χ1) is 8.65. The summed E-state index contributed by atoms with van der Waals surface area (Å²) in [5.41, 5.74) is 2.00. The first kappa shape index (κ1) is 14.7. The highest BCUT2D eigenvalue weighted by Gasteiger charge is 2.04. The van der Waals surface area contributed by atoms with Gasteiger partial charge in [0.25, 0.3) is 0 Å². The van der Waals surface area contributed by atoms with Gasteiger partial charge in [-0.15, -0.1) is 0 Å². The summed E-state index contributed by atoms with van der Waals surface area (Å²) in [5.74, 6) is 0.0244. The molecule has 0 aliphatic heterocycles. The molecule has 1 rings (SSSR count). The summed E-state index contributed by atoms with van der Waals surface area (Å²) < 4.78 is 0. The zero-order valence-corrected chi connectivity index (χ0v) is 11.1. The number of hydrogen-bond acceptors (Lipinski definition) is 3. The molecule has 0 aromatic heterocycles. The van der Waals surface area contributed by atoms with Gasteiger partial charge in [0.1, 0.15) is 0 Å². The highest BCUT2D eigenvalue weighted by molar-refractivity contribution is 5.78. The highest BCUT2D eigenvalue weighted by atomic mass is 16.3. The largest absolute Gasteiger partial charge is 0.392 e. The molecule has 3 N–H and O–H groups in total. The fraction of sp³-hybridized carbons (Fsp3) is 0.500. The van der Waals surface area contributed by atoms with Gasteiger partial charge in [0.15, 0.2) is 0 Å².